The van der Waals surface area contributed by atoms with E-state index in [1.165, 1.54) is 6.07 Å². The minimum Gasteiger partial charge on any atom is -0.310 e. The second kappa shape index (κ2) is 4.49. The molecular weight excluding hydrogens is 203 g/mol. The molecule has 0 aliphatic rings. The lowest BCUT2D eigenvalue weighted by molar-refractivity contribution is 0.434. The monoisotopic (exact) mass is 215 g/mol. The largest absolute Gasteiger partial charge is 0.310 e. The van der Waals surface area contributed by atoms with Crippen molar-refractivity contribution in [3.05, 3.63) is 47.3 Å². The predicted octanol–water partition coefficient (Wildman–Crippen LogP) is 2.94. The van der Waals surface area contributed by atoms with E-state index < -0.39 is 23.5 Å². The van der Waals surface area contributed by atoms with Crippen molar-refractivity contribution in [1.29, 1.82) is 0 Å². The maximum Gasteiger partial charge on any atom is 0.194 e. The van der Waals surface area contributed by atoms with Crippen LogP contribution in [0.2, 0.25) is 0 Å². The molecule has 0 amide bonds. The first kappa shape index (κ1) is 11.8. The first-order chi connectivity index (χ1) is 6.99. The van der Waals surface area contributed by atoms with Crippen molar-refractivity contribution in [2.45, 2.75) is 13.0 Å². The van der Waals surface area contributed by atoms with E-state index in [-0.39, 0.29) is 5.56 Å². The lowest BCUT2D eigenvalue weighted by Crippen LogP contribution is -2.19. The molecular formula is C11H12F3N. The zero-order valence-electron chi connectivity index (χ0n) is 8.57. The first-order valence-electron chi connectivity index (χ1n) is 4.45. The van der Waals surface area contributed by atoms with E-state index in [1.54, 1.807) is 14.0 Å². The minimum atomic E-state index is -1.45. The van der Waals surface area contributed by atoms with E-state index in [4.69, 9.17) is 0 Å². The third-order valence-corrected chi connectivity index (χ3v) is 2.16. The highest BCUT2D eigenvalue weighted by molar-refractivity contribution is 5.29. The summed E-state index contributed by atoms with van der Waals surface area (Å²) in [7, 11) is 1.60. The van der Waals surface area contributed by atoms with E-state index in [0.29, 0.717) is 5.57 Å². The van der Waals surface area contributed by atoms with Crippen molar-refractivity contribution in [2.24, 2.45) is 0 Å². The topological polar surface area (TPSA) is 12.0 Å². The Morgan fingerprint density at radius 1 is 1.27 bits per heavy atom. The normalized spacial score (nSPS) is 12.6. The number of hydrogen-bond donors (Lipinski definition) is 1. The number of likely N-dealkylation sites (N-methyl/N-ethyl adjacent to an activating group) is 1. The average Bonchev–Trinajstić information content (AvgIpc) is 2.18. The highest BCUT2D eigenvalue weighted by Gasteiger charge is 2.19. The molecule has 1 aromatic rings. The van der Waals surface area contributed by atoms with Crippen molar-refractivity contribution >= 4 is 0 Å². The van der Waals surface area contributed by atoms with Gasteiger partial charge in [0.25, 0.3) is 0 Å². The molecule has 0 saturated carbocycles. The van der Waals surface area contributed by atoms with Gasteiger partial charge in [0.15, 0.2) is 17.5 Å². The van der Waals surface area contributed by atoms with Gasteiger partial charge in [-0.15, -0.1) is 0 Å². The van der Waals surface area contributed by atoms with Gasteiger partial charge in [-0.1, -0.05) is 18.2 Å². The molecule has 15 heavy (non-hydrogen) atoms. The van der Waals surface area contributed by atoms with Crippen LogP contribution in [0.25, 0.3) is 0 Å². The van der Waals surface area contributed by atoms with E-state index in [9.17, 15) is 13.2 Å². The quantitative estimate of drug-likeness (QED) is 0.603. The van der Waals surface area contributed by atoms with Crippen LogP contribution in [-0.2, 0) is 0 Å². The van der Waals surface area contributed by atoms with Gasteiger partial charge in [0.05, 0.1) is 6.04 Å². The Bertz CT molecular complexity index is 388. The zero-order valence-corrected chi connectivity index (χ0v) is 8.57. The highest BCUT2D eigenvalue weighted by atomic mass is 19.2. The Hall–Kier alpha value is -1.29. The zero-order chi connectivity index (χ0) is 11.6. The number of benzene rings is 1. The summed E-state index contributed by atoms with van der Waals surface area (Å²) in [5.41, 5.74) is 0.686. The molecule has 0 aromatic heterocycles. The highest BCUT2D eigenvalue weighted by Crippen LogP contribution is 2.25. The molecule has 0 spiro atoms. The summed E-state index contributed by atoms with van der Waals surface area (Å²) in [4.78, 5) is 0. The molecule has 1 atom stereocenters. The maximum atomic E-state index is 13.4. The Morgan fingerprint density at radius 2 is 1.87 bits per heavy atom. The number of rotatable bonds is 3. The summed E-state index contributed by atoms with van der Waals surface area (Å²) in [5, 5.41) is 2.78. The standard InChI is InChI=1S/C11H12F3N/c1-6(2)11(15-3)7-4-5-8(12)10(14)9(7)13/h4-5,11,15H,1H2,2-3H3. The molecule has 0 fully saturated rings. The van der Waals surface area contributed by atoms with Gasteiger partial charge in [0.1, 0.15) is 0 Å². The van der Waals surface area contributed by atoms with Crippen LogP contribution >= 0.6 is 0 Å². The Kier molecular flexibility index (Phi) is 3.52. The van der Waals surface area contributed by atoms with Crippen molar-refractivity contribution < 1.29 is 13.2 Å². The van der Waals surface area contributed by atoms with Crippen molar-refractivity contribution in [2.75, 3.05) is 7.05 Å². The van der Waals surface area contributed by atoms with Gasteiger partial charge >= 0.3 is 0 Å². The van der Waals surface area contributed by atoms with Crippen LogP contribution in [0.1, 0.15) is 18.5 Å². The summed E-state index contributed by atoms with van der Waals surface area (Å²) < 4.78 is 39.0. The summed E-state index contributed by atoms with van der Waals surface area (Å²) >= 11 is 0. The second-order valence-electron chi connectivity index (χ2n) is 3.33. The number of halogens is 3. The molecule has 1 N–H and O–H groups in total. The smallest absolute Gasteiger partial charge is 0.194 e. The van der Waals surface area contributed by atoms with Crippen LogP contribution in [0, 0.1) is 17.5 Å². The SMILES string of the molecule is C=C(C)C(NC)c1ccc(F)c(F)c1F. The van der Waals surface area contributed by atoms with E-state index in [2.05, 4.69) is 11.9 Å². The number of nitrogens with one attached hydrogen (secondary N) is 1. The molecule has 1 rings (SSSR count). The fraction of sp³-hybridized carbons (Fsp3) is 0.273. The third-order valence-electron chi connectivity index (χ3n) is 2.16. The average molecular weight is 215 g/mol. The molecule has 0 saturated heterocycles. The van der Waals surface area contributed by atoms with Gasteiger partial charge < -0.3 is 5.32 Å². The van der Waals surface area contributed by atoms with E-state index in [0.717, 1.165) is 6.07 Å². The molecule has 1 nitrogen and oxygen atoms in total. The fourth-order valence-corrected chi connectivity index (χ4v) is 1.43. The summed E-state index contributed by atoms with van der Waals surface area (Å²) in [6.45, 7) is 5.33. The van der Waals surface area contributed by atoms with E-state index in [1.807, 2.05) is 0 Å². The maximum absolute atomic E-state index is 13.4. The van der Waals surface area contributed by atoms with Gasteiger partial charge in [0.2, 0.25) is 0 Å². The molecule has 0 bridgehead atoms. The molecule has 0 radical (unpaired) electrons. The summed E-state index contributed by atoms with van der Waals surface area (Å²) in [6.07, 6.45) is 0. The van der Waals surface area contributed by atoms with Gasteiger partial charge in [-0.25, -0.2) is 13.2 Å². The summed E-state index contributed by atoms with van der Waals surface area (Å²) in [5.74, 6) is -3.81. The van der Waals surface area contributed by atoms with Gasteiger partial charge in [-0.2, -0.15) is 0 Å². The lowest BCUT2D eigenvalue weighted by atomic mass is 10.0. The van der Waals surface area contributed by atoms with Crippen molar-refractivity contribution in [1.82, 2.24) is 5.32 Å². The predicted molar refractivity (Wildman–Crippen MR) is 52.9 cm³/mol. The van der Waals surface area contributed by atoms with Gasteiger partial charge in [0, 0.05) is 5.56 Å². The van der Waals surface area contributed by atoms with Crippen LogP contribution in [0.3, 0.4) is 0 Å². The van der Waals surface area contributed by atoms with Crippen molar-refractivity contribution in [3.8, 4) is 0 Å². The van der Waals surface area contributed by atoms with Crippen LogP contribution in [0.5, 0.6) is 0 Å². The third kappa shape index (κ3) is 2.21. The molecule has 0 heterocycles. The van der Waals surface area contributed by atoms with Crippen LogP contribution < -0.4 is 5.32 Å². The van der Waals surface area contributed by atoms with Crippen LogP contribution in [-0.4, -0.2) is 7.05 Å². The minimum absolute atomic E-state index is 0.0592. The fourth-order valence-electron chi connectivity index (χ4n) is 1.43. The summed E-state index contributed by atoms with van der Waals surface area (Å²) in [6, 6.07) is 1.60. The lowest BCUT2D eigenvalue weighted by Gasteiger charge is -2.17. The molecule has 82 valence electrons. The Balaban J connectivity index is 3.25. The van der Waals surface area contributed by atoms with Gasteiger partial charge in [-0.05, 0) is 20.0 Å². The van der Waals surface area contributed by atoms with Crippen LogP contribution in [0.4, 0.5) is 13.2 Å². The Morgan fingerprint density at radius 3 is 2.33 bits per heavy atom. The molecule has 0 aliphatic carbocycles. The molecule has 4 heteroatoms. The molecule has 0 aliphatic heterocycles. The number of hydrogen-bond acceptors (Lipinski definition) is 1. The van der Waals surface area contributed by atoms with E-state index >= 15 is 0 Å². The van der Waals surface area contributed by atoms with Gasteiger partial charge in [-0.3, -0.25) is 0 Å². The first-order valence-corrected chi connectivity index (χ1v) is 4.45. The second-order valence-corrected chi connectivity index (χ2v) is 3.33. The van der Waals surface area contributed by atoms with Crippen LogP contribution in [0.15, 0.2) is 24.3 Å². The molecule has 1 aromatic carbocycles. The molecule has 1 unspecified atom stereocenters. The van der Waals surface area contributed by atoms with Crippen molar-refractivity contribution in [3.63, 3.8) is 0 Å². The Labute approximate surface area is 86.6 Å².